The smallest absolute Gasteiger partial charge is 0.387 e. The van der Waals surface area contributed by atoms with E-state index in [0.29, 0.717) is 0 Å². The standard InChI is InChI=1S/C8H8F4N2O2.2ClH/c9-7(10)15-5-1-3(13)4(14)2-6(5)16-8(11)12;;/h1-2,7-8H,13-14H2;2*1H. The highest BCUT2D eigenvalue weighted by Gasteiger charge is 2.16. The molecule has 1 aromatic carbocycles. The number of rotatable bonds is 4. The zero-order valence-corrected chi connectivity index (χ0v) is 10.2. The molecule has 0 amide bonds. The summed E-state index contributed by atoms with van der Waals surface area (Å²) in [6.07, 6.45) is 0. The van der Waals surface area contributed by atoms with E-state index in [-0.39, 0.29) is 36.2 Å². The first-order chi connectivity index (χ1) is 7.40. The SMILES string of the molecule is Cl.Cl.Nc1cc(OC(F)F)c(OC(F)F)cc1N. The van der Waals surface area contributed by atoms with Crippen LogP contribution in [0.15, 0.2) is 12.1 Å². The molecule has 4 nitrogen and oxygen atoms in total. The fourth-order valence-electron chi connectivity index (χ4n) is 0.968. The van der Waals surface area contributed by atoms with E-state index in [4.69, 9.17) is 11.5 Å². The number of nitrogens with two attached hydrogens (primary N) is 2. The van der Waals surface area contributed by atoms with Crippen molar-refractivity contribution < 1.29 is 27.0 Å². The summed E-state index contributed by atoms with van der Waals surface area (Å²) in [5.74, 6) is -1.19. The average Bonchev–Trinajstić information content (AvgIpc) is 2.11. The van der Waals surface area contributed by atoms with Crippen molar-refractivity contribution in [2.75, 3.05) is 11.5 Å². The minimum absolute atomic E-state index is 0. The molecule has 106 valence electrons. The molecular formula is C8H10Cl2F4N2O2. The van der Waals surface area contributed by atoms with E-state index in [1.54, 1.807) is 0 Å². The van der Waals surface area contributed by atoms with Gasteiger partial charge in [0.05, 0.1) is 11.4 Å². The van der Waals surface area contributed by atoms with Crippen molar-refractivity contribution >= 4 is 36.2 Å². The minimum atomic E-state index is -3.18. The quantitative estimate of drug-likeness (QED) is 0.662. The average molecular weight is 313 g/mol. The van der Waals surface area contributed by atoms with Crippen LogP contribution in [0, 0.1) is 0 Å². The zero-order valence-electron chi connectivity index (χ0n) is 8.61. The third-order valence-electron chi connectivity index (χ3n) is 1.58. The third-order valence-corrected chi connectivity index (χ3v) is 1.58. The van der Waals surface area contributed by atoms with Gasteiger partial charge in [-0.15, -0.1) is 24.8 Å². The van der Waals surface area contributed by atoms with Crippen LogP contribution in [0.2, 0.25) is 0 Å². The van der Waals surface area contributed by atoms with E-state index < -0.39 is 24.7 Å². The van der Waals surface area contributed by atoms with E-state index in [0.717, 1.165) is 12.1 Å². The lowest BCUT2D eigenvalue weighted by molar-refractivity contribution is -0.0691. The number of anilines is 2. The number of alkyl halides is 4. The number of ether oxygens (including phenoxy) is 2. The molecule has 0 heterocycles. The van der Waals surface area contributed by atoms with Crippen LogP contribution in [0.1, 0.15) is 0 Å². The van der Waals surface area contributed by atoms with Gasteiger partial charge < -0.3 is 20.9 Å². The van der Waals surface area contributed by atoms with Crippen LogP contribution in [-0.2, 0) is 0 Å². The summed E-state index contributed by atoms with van der Waals surface area (Å²) in [6.45, 7) is -6.36. The number of hydrogen-bond donors (Lipinski definition) is 2. The van der Waals surface area contributed by atoms with Gasteiger partial charge in [0, 0.05) is 12.1 Å². The second-order valence-electron chi connectivity index (χ2n) is 2.68. The Morgan fingerprint density at radius 1 is 0.778 bits per heavy atom. The van der Waals surface area contributed by atoms with Crippen molar-refractivity contribution in [1.82, 2.24) is 0 Å². The van der Waals surface area contributed by atoms with Crippen LogP contribution >= 0.6 is 24.8 Å². The van der Waals surface area contributed by atoms with E-state index in [9.17, 15) is 17.6 Å². The highest BCUT2D eigenvalue weighted by Crippen LogP contribution is 2.35. The molecule has 0 bridgehead atoms. The largest absolute Gasteiger partial charge is 0.431 e. The first-order valence-electron chi connectivity index (χ1n) is 3.98. The second kappa shape index (κ2) is 7.93. The lowest BCUT2D eigenvalue weighted by Gasteiger charge is -2.13. The van der Waals surface area contributed by atoms with Gasteiger partial charge in [0.2, 0.25) is 0 Å². The Labute approximate surface area is 112 Å². The molecule has 0 saturated carbocycles. The zero-order chi connectivity index (χ0) is 12.3. The Bertz CT molecular complexity index is 347. The molecule has 0 aliphatic carbocycles. The Hall–Kier alpha value is -1.28. The highest BCUT2D eigenvalue weighted by atomic mass is 35.5. The molecule has 4 N–H and O–H groups in total. The van der Waals surface area contributed by atoms with Crippen LogP contribution in [0.3, 0.4) is 0 Å². The summed E-state index contributed by atoms with van der Waals surface area (Å²) in [5.41, 5.74) is 10.5. The summed E-state index contributed by atoms with van der Waals surface area (Å²) >= 11 is 0. The van der Waals surface area contributed by atoms with Crippen molar-refractivity contribution in [3.8, 4) is 11.5 Å². The number of nitrogen functional groups attached to an aromatic ring is 2. The Balaban J connectivity index is 0. The second-order valence-corrected chi connectivity index (χ2v) is 2.68. The molecule has 0 aliphatic rings. The molecule has 0 spiro atoms. The van der Waals surface area contributed by atoms with Crippen LogP contribution in [0.25, 0.3) is 0 Å². The molecule has 0 atom stereocenters. The Morgan fingerprint density at radius 3 is 1.28 bits per heavy atom. The van der Waals surface area contributed by atoms with Gasteiger partial charge in [0.25, 0.3) is 0 Å². The van der Waals surface area contributed by atoms with Gasteiger partial charge in [0.15, 0.2) is 11.5 Å². The van der Waals surface area contributed by atoms with Crippen LogP contribution in [0.4, 0.5) is 28.9 Å². The summed E-state index contributed by atoms with van der Waals surface area (Å²) in [4.78, 5) is 0. The molecule has 0 saturated heterocycles. The lowest BCUT2D eigenvalue weighted by Crippen LogP contribution is -2.09. The fourth-order valence-corrected chi connectivity index (χ4v) is 0.968. The molecule has 1 rings (SSSR count). The van der Waals surface area contributed by atoms with E-state index in [1.165, 1.54) is 0 Å². The molecule has 0 radical (unpaired) electrons. The molecule has 0 unspecified atom stereocenters. The Kier molecular flexibility index (Phi) is 8.41. The van der Waals surface area contributed by atoms with E-state index >= 15 is 0 Å². The number of benzene rings is 1. The monoisotopic (exact) mass is 312 g/mol. The molecule has 0 fully saturated rings. The van der Waals surface area contributed by atoms with Gasteiger partial charge in [-0.2, -0.15) is 17.6 Å². The van der Waals surface area contributed by atoms with Gasteiger partial charge in [-0.1, -0.05) is 0 Å². The summed E-state index contributed by atoms with van der Waals surface area (Å²) < 4.78 is 55.6. The van der Waals surface area contributed by atoms with Gasteiger partial charge in [-0.05, 0) is 0 Å². The first kappa shape index (κ1) is 19.1. The number of halogens is 6. The van der Waals surface area contributed by atoms with Crippen molar-refractivity contribution in [1.29, 1.82) is 0 Å². The molecule has 1 aromatic rings. The predicted octanol–water partition coefficient (Wildman–Crippen LogP) is 2.90. The molecule has 0 aromatic heterocycles. The summed E-state index contributed by atoms with van der Waals surface area (Å²) in [6, 6.07) is 1.78. The first-order valence-corrected chi connectivity index (χ1v) is 3.98. The highest BCUT2D eigenvalue weighted by molar-refractivity contribution is 5.85. The normalized spacial score (nSPS) is 9.67. The van der Waals surface area contributed by atoms with Crippen molar-refractivity contribution in [3.05, 3.63) is 12.1 Å². The van der Waals surface area contributed by atoms with Crippen molar-refractivity contribution in [2.24, 2.45) is 0 Å². The minimum Gasteiger partial charge on any atom is -0.431 e. The Morgan fingerprint density at radius 2 is 1.06 bits per heavy atom. The maximum Gasteiger partial charge on any atom is 0.387 e. The van der Waals surface area contributed by atoms with Crippen LogP contribution < -0.4 is 20.9 Å². The third kappa shape index (κ3) is 5.37. The van der Waals surface area contributed by atoms with Gasteiger partial charge >= 0.3 is 13.2 Å². The maximum atomic E-state index is 11.9. The van der Waals surface area contributed by atoms with Crippen molar-refractivity contribution in [2.45, 2.75) is 13.2 Å². The molecule has 10 heteroatoms. The van der Waals surface area contributed by atoms with Crippen LogP contribution in [0.5, 0.6) is 11.5 Å². The molecular weight excluding hydrogens is 303 g/mol. The molecule has 0 aliphatic heterocycles. The van der Waals surface area contributed by atoms with E-state index in [2.05, 4.69) is 9.47 Å². The fraction of sp³-hybridized carbons (Fsp3) is 0.250. The maximum absolute atomic E-state index is 11.9. The van der Waals surface area contributed by atoms with Gasteiger partial charge in [-0.3, -0.25) is 0 Å². The summed E-state index contributed by atoms with van der Waals surface area (Å²) in [5, 5.41) is 0. The lowest BCUT2D eigenvalue weighted by atomic mass is 10.2. The van der Waals surface area contributed by atoms with E-state index in [1.807, 2.05) is 0 Å². The number of hydrogen-bond acceptors (Lipinski definition) is 4. The predicted molar refractivity (Wildman–Crippen MR) is 63.0 cm³/mol. The molecule has 18 heavy (non-hydrogen) atoms. The van der Waals surface area contributed by atoms with Gasteiger partial charge in [-0.25, -0.2) is 0 Å². The van der Waals surface area contributed by atoms with Gasteiger partial charge in [0.1, 0.15) is 0 Å². The van der Waals surface area contributed by atoms with Crippen LogP contribution in [-0.4, -0.2) is 13.2 Å². The topological polar surface area (TPSA) is 70.5 Å². The summed E-state index contributed by atoms with van der Waals surface area (Å²) in [7, 11) is 0. The van der Waals surface area contributed by atoms with Crippen molar-refractivity contribution in [3.63, 3.8) is 0 Å².